The van der Waals surface area contributed by atoms with Crippen LogP contribution >= 0.6 is 0 Å². The SMILES string of the molecule is C[C](C)/C(C)=C/c1ccccc1.[CH2]/C(C)=C(/C)c1ccccc1. The molecule has 0 heterocycles. The van der Waals surface area contributed by atoms with Crippen molar-refractivity contribution in [3.05, 3.63) is 95.8 Å². The van der Waals surface area contributed by atoms with E-state index in [0.29, 0.717) is 0 Å². The molecule has 0 saturated carbocycles. The van der Waals surface area contributed by atoms with Crippen molar-refractivity contribution in [3.8, 4) is 0 Å². The summed E-state index contributed by atoms with van der Waals surface area (Å²) in [6.07, 6.45) is 2.20. The second kappa shape index (κ2) is 9.84. The van der Waals surface area contributed by atoms with Crippen LogP contribution in [-0.2, 0) is 0 Å². The molecule has 2 aromatic carbocycles. The first kappa shape index (κ1) is 19.0. The average molecular weight is 304 g/mol. The fourth-order valence-electron chi connectivity index (χ4n) is 1.88. The van der Waals surface area contributed by atoms with Crippen LogP contribution in [0, 0.1) is 12.8 Å². The molecule has 0 aliphatic rings. The van der Waals surface area contributed by atoms with Crippen LogP contribution < -0.4 is 0 Å². The van der Waals surface area contributed by atoms with Gasteiger partial charge in [0.2, 0.25) is 0 Å². The van der Waals surface area contributed by atoms with E-state index in [9.17, 15) is 0 Å². The predicted molar refractivity (Wildman–Crippen MR) is 105 cm³/mol. The summed E-state index contributed by atoms with van der Waals surface area (Å²) >= 11 is 0. The summed E-state index contributed by atoms with van der Waals surface area (Å²) in [5.74, 6) is 1.37. The minimum Gasteiger partial charge on any atom is -0.0695 e. The molecule has 0 bridgehead atoms. The lowest BCUT2D eigenvalue weighted by molar-refractivity contribution is 1.12. The van der Waals surface area contributed by atoms with E-state index in [-0.39, 0.29) is 0 Å². The van der Waals surface area contributed by atoms with Gasteiger partial charge in [0.15, 0.2) is 0 Å². The van der Waals surface area contributed by atoms with E-state index >= 15 is 0 Å². The highest BCUT2D eigenvalue weighted by molar-refractivity contribution is 5.66. The standard InChI is InChI=1S/C12H15.C11H13/c1-10(2)11(3)9-12-7-5-4-6-8-12;1-9(2)10(3)11-7-5-4-6-8-11/h4-9H,1-3H3;4-8H,1H2,2-3H3/b11-9+;10-9+. The third kappa shape index (κ3) is 7.15. The molecule has 2 aromatic rings. The zero-order chi connectivity index (χ0) is 17.2. The van der Waals surface area contributed by atoms with E-state index in [4.69, 9.17) is 0 Å². The molecule has 0 nitrogen and oxygen atoms in total. The maximum atomic E-state index is 3.89. The Morgan fingerprint density at radius 1 is 0.739 bits per heavy atom. The highest BCUT2D eigenvalue weighted by Gasteiger charge is 1.96. The average Bonchev–Trinajstić information content (AvgIpc) is 2.56. The molecular formula is C23H28. The summed E-state index contributed by atoms with van der Waals surface area (Å²) in [6.45, 7) is 14.4. The zero-order valence-corrected chi connectivity index (χ0v) is 15.1. The van der Waals surface area contributed by atoms with E-state index in [0.717, 1.165) is 5.57 Å². The van der Waals surface area contributed by atoms with E-state index in [1.807, 2.05) is 31.2 Å². The van der Waals surface area contributed by atoms with Gasteiger partial charge in [-0.05, 0) is 50.3 Å². The lowest BCUT2D eigenvalue weighted by Gasteiger charge is -2.03. The Labute approximate surface area is 142 Å². The Morgan fingerprint density at radius 2 is 1.22 bits per heavy atom. The van der Waals surface area contributed by atoms with Gasteiger partial charge < -0.3 is 0 Å². The summed E-state index contributed by atoms with van der Waals surface area (Å²) in [7, 11) is 0. The second-order valence-electron chi connectivity index (χ2n) is 6.01. The van der Waals surface area contributed by atoms with Crippen LogP contribution in [-0.4, -0.2) is 0 Å². The van der Waals surface area contributed by atoms with Gasteiger partial charge in [0.1, 0.15) is 0 Å². The van der Waals surface area contributed by atoms with Crippen molar-refractivity contribution in [2.45, 2.75) is 34.6 Å². The Balaban J connectivity index is 0.000000231. The number of hydrogen-bond donors (Lipinski definition) is 0. The Hall–Kier alpha value is -2.08. The molecule has 0 spiro atoms. The molecule has 0 atom stereocenters. The van der Waals surface area contributed by atoms with Crippen molar-refractivity contribution in [1.82, 2.24) is 0 Å². The normalized spacial score (nSPS) is 12.4. The maximum Gasteiger partial charge on any atom is -0.00558 e. The van der Waals surface area contributed by atoms with Crippen LogP contribution in [0.15, 0.2) is 71.8 Å². The first-order valence-corrected chi connectivity index (χ1v) is 8.00. The van der Waals surface area contributed by atoms with Gasteiger partial charge in [0.05, 0.1) is 0 Å². The molecule has 0 N–H and O–H groups in total. The second-order valence-corrected chi connectivity index (χ2v) is 6.01. The summed E-state index contributed by atoms with van der Waals surface area (Å²) in [5.41, 5.74) is 6.29. The van der Waals surface area contributed by atoms with Gasteiger partial charge in [-0.1, -0.05) is 91.7 Å². The first-order chi connectivity index (χ1) is 10.9. The van der Waals surface area contributed by atoms with Crippen molar-refractivity contribution in [3.63, 3.8) is 0 Å². The molecule has 0 unspecified atom stereocenters. The molecular weight excluding hydrogens is 276 g/mol. The largest absolute Gasteiger partial charge is 0.0695 e. The van der Waals surface area contributed by atoms with Gasteiger partial charge in [0, 0.05) is 0 Å². The van der Waals surface area contributed by atoms with Gasteiger partial charge in [-0.2, -0.15) is 0 Å². The third-order valence-electron chi connectivity index (χ3n) is 3.82. The first-order valence-electron chi connectivity index (χ1n) is 8.00. The number of allylic oxidation sites excluding steroid dienone is 3. The Morgan fingerprint density at radius 3 is 1.65 bits per heavy atom. The molecule has 2 rings (SSSR count). The highest BCUT2D eigenvalue weighted by atomic mass is 14.0. The molecule has 120 valence electrons. The van der Waals surface area contributed by atoms with Gasteiger partial charge in [-0.3, -0.25) is 0 Å². The van der Waals surface area contributed by atoms with E-state index in [2.05, 4.69) is 77.1 Å². The molecule has 0 amide bonds. The predicted octanol–water partition coefficient (Wildman–Crippen LogP) is 7.02. The molecule has 0 aliphatic carbocycles. The van der Waals surface area contributed by atoms with Gasteiger partial charge in [-0.15, -0.1) is 0 Å². The monoisotopic (exact) mass is 304 g/mol. The lowest BCUT2D eigenvalue weighted by Crippen LogP contribution is -1.85. The summed E-state index contributed by atoms with van der Waals surface area (Å²) < 4.78 is 0. The maximum absolute atomic E-state index is 3.89. The van der Waals surface area contributed by atoms with Crippen LogP contribution in [0.5, 0.6) is 0 Å². The van der Waals surface area contributed by atoms with Gasteiger partial charge >= 0.3 is 0 Å². The minimum absolute atomic E-state index is 1.14. The summed E-state index contributed by atoms with van der Waals surface area (Å²) in [4.78, 5) is 0. The third-order valence-corrected chi connectivity index (χ3v) is 3.82. The van der Waals surface area contributed by atoms with Gasteiger partial charge in [-0.25, -0.2) is 0 Å². The van der Waals surface area contributed by atoms with Crippen molar-refractivity contribution in [1.29, 1.82) is 0 Å². The van der Waals surface area contributed by atoms with Crippen LogP contribution in [0.2, 0.25) is 0 Å². The topological polar surface area (TPSA) is 0 Å². The summed E-state index contributed by atoms with van der Waals surface area (Å²) in [5, 5.41) is 0. The minimum atomic E-state index is 1.14. The quantitative estimate of drug-likeness (QED) is 0.571. The number of hydrogen-bond acceptors (Lipinski definition) is 0. The molecule has 2 radical (unpaired) electrons. The fraction of sp³-hybridized carbons (Fsp3) is 0.217. The summed E-state index contributed by atoms with van der Waals surface area (Å²) in [6, 6.07) is 20.7. The zero-order valence-electron chi connectivity index (χ0n) is 15.1. The molecule has 0 fully saturated rings. The Bertz CT molecular complexity index is 624. The van der Waals surface area contributed by atoms with Crippen LogP contribution in [0.1, 0.15) is 45.7 Å². The van der Waals surface area contributed by atoms with Crippen molar-refractivity contribution < 1.29 is 0 Å². The molecule has 0 saturated heterocycles. The Kier molecular flexibility index (Phi) is 8.11. The van der Waals surface area contributed by atoms with E-state index in [1.54, 1.807) is 0 Å². The fourth-order valence-corrected chi connectivity index (χ4v) is 1.88. The van der Waals surface area contributed by atoms with Crippen LogP contribution in [0.25, 0.3) is 11.6 Å². The van der Waals surface area contributed by atoms with Crippen LogP contribution in [0.3, 0.4) is 0 Å². The highest BCUT2D eigenvalue weighted by Crippen LogP contribution is 2.16. The van der Waals surface area contributed by atoms with Crippen molar-refractivity contribution in [2.75, 3.05) is 0 Å². The number of rotatable bonds is 3. The van der Waals surface area contributed by atoms with E-state index in [1.165, 1.54) is 28.2 Å². The molecule has 23 heavy (non-hydrogen) atoms. The molecule has 0 heteroatoms. The van der Waals surface area contributed by atoms with E-state index < -0.39 is 0 Å². The molecule has 0 aromatic heterocycles. The van der Waals surface area contributed by atoms with Crippen molar-refractivity contribution in [2.24, 2.45) is 0 Å². The van der Waals surface area contributed by atoms with Crippen molar-refractivity contribution >= 4 is 11.6 Å². The van der Waals surface area contributed by atoms with Gasteiger partial charge in [0.25, 0.3) is 0 Å². The lowest BCUT2D eigenvalue weighted by atomic mass is 10.0. The number of benzene rings is 2. The molecule has 0 aliphatic heterocycles. The smallest absolute Gasteiger partial charge is 0.00558 e. The van der Waals surface area contributed by atoms with Crippen LogP contribution in [0.4, 0.5) is 0 Å².